The first-order valence-corrected chi connectivity index (χ1v) is 12.8. The lowest BCUT2D eigenvalue weighted by Gasteiger charge is -2.28. The van der Waals surface area contributed by atoms with Crippen LogP contribution in [0.5, 0.6) is 0 Å². The van der Waals surface area contributed by atoms with Crippen LogP contribution < -0.4 is 15.5 Å². The first-order valence-electron chi connectivity index (χ1n) is 12.8. The van der Waals surface area contributed by atoms with E-state index in [0.717, 1.165) is 4.90 Å². The normalized spacial score (nSPS) is 18.6. The summed E-state index contributed by atoms with van der Waals surface area (Å²) >= 11 is 0. The fourth-order valence-corrected chi connectivity index (χ4v) is 4.49. The lowest BCUT2D eigenvalue weighted by molar-refractivity contribution is -0.143. The number of carbonyl (C=O) groups excluding carboxylic acids is 4. The van der Waals surface area contributed by atoms with Crippen LogP contribution in [0.1, 0.15) is 67.1 Å². The number of fused-ring (bicyclic) bond motifs is 1. The van der Waals surface area contributed by atoms with E-state index in [1.165, 1.54) is 24.3 Å². The SMILES string of the molecule is CC(C)(C)NC(=O)OC1(C(=O)N[C@@H]2CC(=O)c3ccccc3N(Cc3cc(C(F)(F)F)cc(C(F)(F)F)c3)C2=O)CC1. The topological polar surface area (TPSA) is 105 Å². The van der Waals surface area contributed by atoms with Crippen LogP contribution in [0.25, 0.3) is 0 Å². The maximum atomic E-state index is 13.7. The second kappa shape index (κ2) is 10.6. The quantitative estimate of drug-likeness (QED) is 0.449. The molecule has 2 aliphatic rings. The molecule has 0 radical (unpaired) electrons. The molecule has 1 atom stereocenters. The van der Waals surface area contributed by atoms with Gasteiger partial charge in [0.05, 0.1) is 23.4 Å². The van der Waals surface area contributed by atoms with E-state index in [0.29, 0.717) is 12.1 Å². The van der Waals surface area contributed by atoms with E-state index in [9.17, 15) is 45.5 Å². The van der Waals surface area contributed by atoms with Gasteiger partial charge in [-0.05, 0) is 56.7 Å². The number of hydrogen-bond acceptors (Lipinski definition) is 5. The number of Topliss-reactive ketones (excluding diaryl/α,β-unsaturated/α-hetero) is 1. The van der Waals surface area contributed by atoms with Crippen molar-refractivity contribution in [1.29, 1.82) is 0 Å². The Morgan fingerprint density at radius 2 is 1.52 bits per heavy atom. The van der Waals surface area contributed by atoms with Gasteiger partial charge in [0.1, 0.15) is 6.04 Å². The second-order valence-electron chi connectivity index (χ2n) is 11.3. The highest BCUT2D eigenvalue weighted by atomic mass is 19.4. The zero-order chi connectivity index (χ0) is 31.3. The molecule has 4 rings (SSSR count). The largest absolute Gasteiger partial charge is 0.433 e. The number of anilines is 1. The molecule has 2 N–H and O–H groups in total. The van der Waals surface area contributed by atoms with Crippen LogP contribution in [0.3, 0.4) is 0 Å². The molecule has 1 heterocycles. The molecule has 3 amide bonds. The van der Waals surface area contributed by atoms with Gasteiger partial charge < -0.3 is 20.3 Å². The summed E-state index contributed by atoms with van der Waals surface area (Å²) < 4.78 is 86.1. The molecule has 42 heavy (non-hydrogen) atoms. The first kappa shape index (κ1) is 30.8. The van der Waals surface area contributed by atoms with Crippen LogP contribution in [0.2, 0.25) is 0 Å². The summed E-state index contributed by atoms with van der Waals surface area (Å²) in [5.41, 5.74) is -5.94. The highest BCUT2D eigenvalue weighted by molar-refractivity contribution is 6.13. The second-order valence-corrected chi connectivity index (χ2v) is 11.3. The van der Waals surface area contributed by atoms with Crippen molar-refractivity contribution in [1.82, 2.24) is 10.6 Å². The Hall–Kier alpha value is -4.10. The zero-order valence-electron chi connectivity index (χ0n) is 22.7. The molecule has 1 fully saturated rings. The van der Waals surface area contributed by atoms with E-state index >= 15 is 0 Å². The third kappa shape index (κ3) is 6.85. The van der Waals surface area contributed by atoms with E-state index < -0.39 is 82.9 Å². The monoisotopic (exact) mass is 599 g/mol. The van der Waals surface area contributed by atoms with Crippen molar-refractivity contribution in [3.63, 3.8) is 0 Å². The van der Waals surface area contributed by atoms with Crippen LogP contribution in [0.15, 0.2) is 42.5 Å². The fraction of sp³-hybridized carbons (Fsp3) is 0.429. The molecular formula is C28H27F6N3O5. The molecule has 1 saturated carbocycles. The molecule has 0 aromatic heterocycles. The van der Waals surface area contributed by atoms with Crippen molar-refractivity contribution in [2.24, 2.45) is 0 Å². The number of ether oxygens (including phenoxy) is 1. The van der Waals surface area contributed by atoms with Gasteiger partial charge in [-0.25, -0.2) is 4.79 Å². The van der Waals surface area contributed by atoms with Crippen molar-refractivity contribution < 1.29 is 50.3 Å². The molecule has 226 valence electrons. The van der Waals surface area contributed by atoms with Gasteiger partial charge >= 0.3 is 18.4 Å². The smallest absolute Gasteiger partial charge is 0.416 e. The van der Waals surface area contributed by atoms with E-state index in [2.05, 4.69) is 10.6 Å². The standard InChI is InChI=1S/C28H27F6N3O5/c1-25(2,3)36-24(41)42-26(8-9-26)23(40)35-19-13-21(38)18-6-4-5-7-20(18)37(22(19)39)14-15-10-16(27(29,30)31)12-17(11-15)28(32,33)34/h4-7,10-12,19H,8-9,13-14H2,1-3H3,(H,35,40)(H,36,41)/t19-/m1/s1. The maximum absolute atomic E-state index is 13.7. The van der Waals surface area contributed by atoms with Crippen molar-refractivity contribution >= 4 is 29.4 Å². The van der Waals surface area contributed by atoms with Gasteiger partial charge in [0, 0.05) is 30.4 Å². The number of alkyl halides is 6. The Bertz CT molecular complexity index is 1390. The minimum atomic E-state index is -5.11. The fourth-order valence-electron chi connectivity index (χ4n) is 4.49. The number of nitrogens with zero attached hydrogens (tertiary/aromatic N) is 1. The molecule has 14 heteroatoms. The number of amides is 3. The Morgan fingerprint density at radius 3 is 2.05 bits per heavy atom. The van der Waals surface area contributed by atoms with Gasteiger partial charge in [0.25, 0.3) is 5.91 Å². The summed E-state index contributed by atoms with van der Waals surface area (Å²) in [5, 5.41) is 4.96. The third-order valence-corrected chi connectivity index (χ3v) is 6.63. The van der Waals surface area contributed by atoms with Crippen LogP contribution >= 0.6 is 0 Å². The molecule has 1 aliphatic heterocycles. The molecule has 2 aromatic carbocycles. The summed E-state index contributed by atoms with van der Waals surface area (Å²) in [6.45, 7) is 4.31. The number of hydrogen-bond donors (Lipinski definition) is 2. The average Bonchev–Trinajstić information content (AvgIpc) is 3.65. The van der Waals surface area contributed by atoms with Crippen molar-refractivity contribution in [2.45, 2.75) is 76.1 Å². The van der Waals surface area contributed by atoms with Crippen molar-refractivity contribution in [3.05, 3.63) is 64.7 Å². The molecule has 2 aromatic rings. The van der Waals surface area contributed by atoms with Gasteiger partial charge in [-0.2, -0.15) is 26.3 Å². The minimum Gasteiger partial charge on any atom is -0.433 e. The van der Waals surface area contributed by atoms with Gasteiger partial charge in [0.2, 0.25) is 5.91 Å². The molecule has 0 unspecified atom stereocenters. The maximum Gasteiger partial charge on any atom is 0.416 e. The highest BCUT2D eigenvalue weighted by Gasteiger charge is 2.55. The number of halogens is 6. The number of rotatable bonds is 5. The Labute approximate surface area is 236 Å². The van der Waals surface area contributed by atoms with Crippen molar-refractivity contribution in [2.75, 3.05) is 4.90 Å². The number of carbonyl (C=O) groups is 4. The average molecular weight is 600 g/mol. The molecule has 8 nitrogen and oxygen atoms in total. The molecular weight excluding hydrogens is 572 g/mol. The van der Waals surface area contributed by atoms with Gasteiger partial charge in [-0.15, -0.1) is 0 Å². The molecule has 0 spiro atoms. The van der Waals surface area contributed by atoms with Gasteiger partial charge in [0.15, 0.2) is 11.4 Å². The van der Waals surface area contributed by atoms with E-state index in [1.807, 2.05) is 0 Å². The molecule has 0 saturated heterocycles. The number of ketones is 1. The van der Waals surface area contributed by atoms with E-state index in [4.69, 9.17) is 4.74 Å². The van der Waals surface area contributed by atoms with E-state index in [1.54, 1.807) is 20.8 Å². The van der Waals surface area contributed by atoms with Crippen LogP contribution in [-0.2, 0) is 33.2 Å². The summed E-state index contributed by atoms with van der Waals surface area (Å²) in [5.74, 6) is -2.40. The van der Waals surface area contributed by atoms with Gasteiger partial charge in [-0.3, -0.25) is 14.4 Å². The number of alkyl carbamates (subject to hydrolysis) is 1. The predicted octanol–water partition coefficient (Wildman–Crippen LogP) is 5.39. The van der Waals surface area contributed by atoms with Crippen LogP contribution in [0, 0.1) is 0 Å². The Kier molecular flexibility index (Phi) is 7.80. The van der Waals surface area contributed by atoms with Crippen molar-refractivity contribution in [3.8, 4) is 0 Å². The summed E-state index contributed by atoms with van der Waals surface area (Å²) in [4.78, 5) is 53.1. The summed E-state index contributed by atoms with van der Waals surface area (Å²) in [6, 6.07) is 5.02. The van der Waals surface area contributed by atoms with Gasteiger partial charge in [-0.1, -0.05) is 12.1 Å². The minimum absolute atomic E-state index is 0.00689. The number of benzene rings is 2. The summed E-state index contributed by atoms with van der Waals surface area (Å²) in [7, 11) is 0. The Morgan fingerprint density at radius 1 is 0.952 bits per heavy atom. The summed E-state index contributed by atoms with van der Waals surface area (Å²) in [6.07, 6.45) is -11.4. The lowest BCUT2D eigenvalue weighted by Crippen LogP contribution is -2.53. The number of nitrogens with one attached hydrogen (secondary N) is 2. The Balaban J connectivity index is 1.66. The molecule has 0 bridgehead atoms. The van der Waals surface area contributed by atoms with Crippen LogP contribution in [-0.4, -0.2) is 40.9 Å². The number of para-hydroxylation sites is 1. The van der Waals surface area contributed by atoms with E-state index in [-0.39, 0.29) is 30.2 Å². The highest BCUT2D eigenvalue weighted by Crippen LogP contribution is 2.41. The first-order chi connectivity index (χ1) is 19.3. The zero-order valence-corrected chi connectivity index (χ0v) is 22.7. The lowest BCUT2D eigenvalue weighted by atomic mass is 10.0. The van der Waals surface area contributed by atoms with Crippen LogP contribution in [0.4, 0.5) is 36.8 Å². The predicted molar refractivity (Wildman–Crippen MR) is 136 cm³/mol. The third-order valence-electron chi connectivity index (χ3n) is 6.63. The molecule has 1 aliphatic carbocycles.